The number of nitrogens with two attached hydrogens (primary N) is 1. The molecule has 1 aromatic rings. The first-order valence-electron chi connectivity index (χ1n) is 6.93. The Morgan fingerprint density at radius 2 is 2.15 bits per heavy atom. The Hall–Kier alpha value is -1.75. The lowest BCUT2D eigenvalue weighted by atomic mass is 10.1. The van der Waals surface area contributed by atoms with Crippen LogP contribution in [0.2, 0.25) is 0 Å². The number of hydrogen-bond acceptors (Lipinski definition) is 4. The Bertz CT molecular complexity index is 482. The average Bonchev–Trinajstić information content (AvgIpc) is 2.90. The Morgan fingerprint density at radius 1 is 1.40 bits per heavy atom. The second-order valence-electron chi connectivity index (χ2n) is 5.49. The molecule has 1 aliphatic rings. The Kier molecular flexibility index (Phi) is 4.49. The summed E-state index contributed by atoms with van der Waals surface area (Å²) in [5.74, 6) is -0.0162. The number of amides is 1. The molecule has 20 heavy (non-hydrogen) atoms. The third-order valence-electron chi connectivity index (χ3n) is 3.60. The van der Waals surface area contributed by atoms with Gasteiger partial charge in [-0.1, -0.05) is 0 Å². The summed E-state index contributed by atoms with van der Waals surface area (Å²) in [4.78, 5) is 16.0. The largest absolute Gasteiger partial charge is 0.397 e. The minimum absolute atomic E-state index is 0.0162. The minimum atomic E-state index is -0.0162. The van der Waals surface area contributed by atoms with Gasteiger partial charge in [-0.2, -0.15) is 0 Å². The predicted octanol–water partition coefficient (Wildman–Crippen LogP) is 1.59. The van der Waals surface area contributed by atoms with E-state index in [4.69, 9.17) is 10.5 Å². The average molecular weight is 277 g/mol. The molecule has 110 valence electrons. The van der Waals surface area contributed by atoms with E-state index < -0.39 is 0 Å². The summed E-state index contributed by atoms with van der Waals surface area (Å²) < 4.78 is 5.56. The molecule has 0 bridgehead atoms. The van der Waals surface area contributed by atoms with Gasteiger partial charge in [-0.05, 0) is 31.0 Å². The van der Waals surface area contributed by atoms with Crippen molar-refractivity contribution in [1.29, 1.82) is 0 Å². The molecule has 2 N–H and O–H groups in total. The van der Waals surface area contributed by atoms with E-state index in [0.717, 1.165) is 25.1 Å². The number of rotatable bonds is 4. The fourth-order valence-electron chi connectivity index (χ4n) is 2.49. The van der Waals surface area contributed by atoms with E-state index in [9.17, 15) is 4.79 Å². The zero-order valence-electron chi connectivity index (χ0n) is 12.4. The van der Waals surface area contributed by atoms with Crippen molar-refractivity contribution in [2.45, 2.75) is 18.9 Å². The summed E-state index contributed by atoms with van der Waals surface area (Å²) in [6.45, 7) is 1.44. The number of carbonyl (C=O) groups excluding carboxylic acids is 1. The zero-order chi connectivity index (χ0) is 14.7. The SMILES string of the molecule is CN(CC1CCCO1)C(=O)c1ccc(N(C)C)c(N)c1. The molecule has 5 heteroatoms. The maximum Gasteiger partial charge on any atom is 0.253 e. The fourth-order valence-corrected chi connectivity index (χ4v) is 2.49. The molecule has 2 rings (SSSR count). The van der Waals surface area contributed by atoms with E-state index in [0.29, 0.717) is 17.8 Å². The summed E-state index contributed by atoms with van der Waals surface area (Å²) in [6, 6.07) is 5.44. The summed E-state index contributed by atoms with van der Waals surface area (Å²) in [5.41, 5.74) is 8.14. The van der Waals surface area contributed by atoms with Crippen molar-refractivity contribution in [2.75, 3.05) is 44.9 Å². The van der Waals surface area contributed by atoms with E-state index in [2.05, 4.69) is 0 Å². The molecule has 0 spiro atoms. The lowest BCUT2D eigenvalue weighted by molar-refractivity contribution is 0.0587. The molecular weight excluding hydrogens is 254 g/mol. The zero-order valence-corrected chi connectivity index (χ0v) is 12.4. The van der Waals surface area contributed by atoms with Crippen LogP contribution in [0.25, 0.3) is 0 Å². The van der Waals surface area contributed by atoms with E-state index in [1.807, 2.05) is 31.1 Å². The highest BCUT2D eigenvalue weighted by atomic mass is 16.5. The van der Waals surface area contributed by atoms with Crippen LogP contribution in [-0.4, -0.2) is 51.2 Å². The molecular formula is C15H23N3O2. The number of nitrogens with zero attached hydrogens (tertiary/aromatic N) is 2. The lowest BCUT2D eigenvalue weighted by Crippen LogP contribution is -2.34. The molecule has 1 aromatic carbocycles. The molecule has 0 aromatic heterocycles. The molecule has 5 nitrogen and oxygen atoms in total. The third kappa shape index (κ3) is 3.22. The number of hydrogen-bond donors (Lipinski definition) is 1. The third-order valence-corrected chi connectivity index (χ3v) is 3.60. The molecule has 1 heterocycles. The van der Waals surface area contributed by atoms with Gasteiger partial charge in [0.25, 0.3) is 5.91 Å². The molecule has 0 radical (unpaired) electrons. The monoisotopic (exact) mass is 277 g/mol. The highest BCUT2D eigenvalue weighted by molar-refractivity contribution is 5.96. The van der Waals surface area contributed by atoms with E-state index in [-0.39, 0.29) is 12.0 Å². The molecule has 0 aliphatic carbocycles. The number of ether oxygens (including phenoxy) is 1. The van der Waals surface area contributed by atoms with Crippen molar-refractivity contribution in [3.63, 3.8) is 0 Å². The quantitative estimate of drug-likeness (QED) is 0.849. The van der Waals surface area contributed by atoms with Gasteiger partial charge in [-0.25, -0.2) is 0 Å². The number of anilines is 2. The van der Waals surface area contributed by atoms with Crippen LogP contribution in [0, 0.1) is 0 Å². The van der Waals surface area contributed by atoms with E-state index in [1.54, 1.807) is 18.0 Å². The van der Waals surface area contributed by atoms with Gasteiger partial charge in [0.2, 0.25) is 0 Å². The van der Waals surface area contributed by atoms with Crippen molar-refractivity contribution < 1.29 is 9.53 Å². The van der Waals surface area contributed by atoms with Crippen molar-refractivity contribution in [2.24, 2.45) is 0 Å². The summed E-state index contributed by atoms with van der Waals surface area (Å²) in [7, 11) is 5.66. The standard InChI is InChI=1S/C15H23N3O2/c1-17(2)14-7-6-11(9-13(14)16)15(19)18(3)10-12-5-4-8-20-12/h6-7,9,12H,4-5,8,10,16H2,1-3H3. The molecule has 1 saturated heterocycles. The maximum atomic E-state index is 12.4. The summed E-state index contributed by atoms with van der Waals surface area (Å²) in [5, 5.41) is 0. The second kappa shape index (κ2) is 6.13. The highest BCUT2D eigenvalue weighted by Gasteiger charge is 2.21. The summed E-state index contributed by atoms with van der Waals surface area (Å²) in [6.07, 6.45) is 2.28. The topological polar surface area (TPSA) is 58.8 Å². The van der Waals surface area contributed by atoms with Crippen molar-refractivity contribution in [3.05, 3.63) is 23.8 Å². The van der Waals surface area contributed by atoms with Crippen LogP contribution in [0.4, 0.5) is 11.4 Å². The Morgan fingerprint density at radius 3 is 2.70 bits per heavy atom. The highest BCUT2D eigenvalue weighted by Crippen LogP contribution is 2.23. The minimum Gasteiger partial charge on any atom is -0.397 e. The number of benzene rings is 1. The van der Waals surface area contributed by atoms with Crippen LogP contribution in [0.3, 0.4) is 0 Å². The van der Waals surface area contributed by atoms with Gasteiger partial charge in [-0.15, -0.1) is 0 Å². The normalized spacial score (nSPS) is 18.1. The Balaban J connectivity index is 2.06. The van der Waals surface area contributed by atoms with Gasteiger partial charge in [0.1, 0.15) is 0 Å². The first-order valence-corrected chi connectivity index (χ1v) is 6.93. The maximum absolute atomic E-state index is 12.4. The molecule has 0 saturated carbocycles. The second-order valence-corrected chi connectivity index (χ2v) is 5.49. The van der Waals surface area contributed by atoms with Crippen molar-refractivity contribution in [1.82, 2.24) is 4.90 Å². The Labute approximate surface area is 120 Å². The van der Waals surface area contributed by atoms with Gasteiger partial charge in [-0.3, -0.25) is 4.79 Å². The molecule has 1 atom stereocenters. The fraction of sp³-hybridized carbons (Fsp3) is 0.533. The number of likely N-dealkylation sites (N-methyl/N-ethyl adjacent to an activating group) is 1. The van der Waals surface area contributed by atoms with E-state index in [1.165, 1.54) is 0 Å². The van der Waals surface area contributed by atoms with Crippen LogP contribution >= 0.6 is 0 Å². The molecule has 1 fully saturated rings. The smallest absolute Gasteiger partial charge is 0.253 e. The van der Waals surface area contributed by atoms with Crippen LogP contribution in [0.5, 0.6) is 0 Å². The first kappa shape index (κ1) is 14.7. The van der Waals surface area contributed by atoms with Gasteiger partial charge in [0.15, 0.2) is 0 Å². The molecule has 1 aliphatic heterocycles. The van der Waals surface area contributed by atoms with Crippen LogP contribution < -0.4 is 10.6 Å². The first-order chi connectivity index (χ1) is 9.49. The lowest BCUT2D eigenvalue weighted by Gasteiger charge is -2.22. The van der Waals surface area contributed by atoms with Gasteiger partial charge in [0.05, 0.1) is 17.5 Å². The molecule has 1 unspecified atom stereocenters. The van der Waals surface area contributed by atoms with Crippen LogP contribution in [-0.2, 0) is 4.74 Å². The van der Waals surface area contributed by atoms with Crippen LogP contribution in [0.1, 0.15) is 23.2 Å². The van der Waals surface area contributed by atoms with Gasteiger partial charge < -0.3 is 20.3 Å². The predicted molar refractivity (Wildman–Crippen MR) is 81.1 cm³/mol. The van der Waals surface area contributed by atoms with Gasteiger partial charge >= 0.3 is 0 Å². The summed E-state index contributed by atoms with van der Waals surface area (Å²) >= 11 is 0. The number of carbonyl (C=O) groups is 1. The van der Waals surface area contributed by atoms with Crippen LogP contribution in [0.15, 0.2) is 18.2 Å². The molecule has 1 amide bonds. The van der Waals surface area contributed by atoms with Crippen molar-refractivity contribution >= 4 is 17.3 Å². The van der Waals surface area contributed by atoms with E-state index >= 15 is 0 Å². The van der Waals surface area contributed by atoms with Gasteiger partial charge in [0, 0.05) is 39.9 Å². The number of nitrogen functional groups attached to an aromatic ring is 1. The van der Waals surface area contributed by atoms with Crippen molar-refractivity contribution in [3.8, 4) is 0 Å².